The van der Waals surface area contributed by atoms with E-state index in [1.165, 1.54) is 0 Å². The largest absolute Gasteiger partial charge is 0.490 e. The summed E-state index contributed by atoms with van der Waals surface area (Å²) in [6.07, 6.45) is 1.37. The van der Waals surface area contributed by atoms with E-state index in [0.29, 0.717) is 19.8 Å². The van der Waals surface area contributed by atoms with Gasteiger partial charge in [0.1, 0.15) is 11.9 Å². The third-order valence-electron chi connectivity index (χ3n) is 2.76. The second-order valence-electron chi connectivity index (χ2n) is 4.02. The van der Waals surface area contributed by atoms with E-state index >= 15 is 0 Å². The number of nitrogens with two attached hydrogens (primary N) is 1. The fraction of sp³-hybridized carbons (Fsp3) is 0.500. The van der Waals surface area contributed by atoms with Gasteiger partial charge >= 0.3 is 0 Å². The Morgan fingerprint density at radius 1 is 1.72 bits per heavy atom. The molecule has 0 aliphatic carbocycles. The highest BCUT2D eigenvalue weighted by molar-refractivity contribution is 5.82. The standard InChI is InChI=1S/C12H18N4O2/c1-2-17-9-4-3-5-15-12(9)16-6-7-18-10(8-16)11(13)14/h3-5,10H,2,6-8H2,1H3,(H3,13,14). The number of amidine groups is 1. The van der Waals surface area contributed by atoms with Crippen LogP contribution in [-0.2, 0) is 4.74 Å². The fourth-order valence-electron chi connectivity index (χ4n) is 1.92. The zero-order valence-electron chi connectivity index (χ0n) is 10.4. The summed E-state index contributed by atoms with van der Waals surface area (Å²) in [6, 6.07) is 3.74. The fourth-order valence-corrected chi connectivity index (χ4v) is 1.92. The van der Waals surface area contributed by atoms with Gasteiger partial charge in [0.25, 0.3) is 0 Å². The molecule has 1 fully saturated rings. The molecule has 0 radical (unpaired) electrons. The van der Waals surface area contributed by atoms with Gasteiger partial charge in [-0.2, -0.15) is 0 Å². The van der Waals surface area contributed by atoms with Gasteiger partial charge in [0, 0.05) is 12.7 Å². The predicted octanol–water partition coefficient (Wildman–Crippen LogP) is 0.621. The van der Waals surface area contributed by atoms with E-state index in [-0.39, 0.29) is 11.9 Å². The summed E-state index contributed by atoms with van der Waals surface area (Å²) in [5.74, 6) is 1.59. The molecule has 1 aromatic rings. The van der Waals surface area contributed by atoms with Crippen LogP contribution in [0.4, 0.5) is 5.82 Å². The van der Waals surface area contributed by atoms with E-state index in [0.717, 1.165) is 18.1 Å². The van der Waals surface area contributed by atoms with E-state index in [1.54, 1.807) is 6.20 Å². The first-order chi connectivity index (χ1) is 8.72. The van der Waals surface area contributed by atoms with Crippen LogP contribution in [0.25, 0.3) is 0 Å². The molecule has 1 aromatic heterocycles. The summed E-state index contributed by atoms with van der Waals surface area (Å²) in [6.45, 7) is 4.33. The first-order valence-electron chi connectivity index (χ1n) is 6.00. The van der Waals surface area contributed by atoms with Gasteiger partial charge in [-0.15, -0.1) is 0 Å². The number of aromatic nitrogens is 1. The van der Waals surface area contributed by atoms with Gasteiger partial charge in [-0.1, -0.05) is 0 Å². The minimum atomic E-state index is -0.366. The molecular weight excluding hydrogens is 232 g/mol. The van der Waals surface area contributed by atoms with Crippen LogP contribution in [-0.4, -0.2) is 43.2 Å². The number of anilines is 1. The van der Waals surface area contributed by atoms with Crippen molar-refractivity contribution in [2.24, 2.45) is 5.73 Å². The van der Waals surface area contributed by atoms with E-state index < -0.39 is 0 Å². The van der Waals surface area contributed by atoms with Crippen LogP contribution < -0.4 is 15.4 Å². The van der Waals surface area contributed by atoms with Crippen molar-refractivity contribution in [3.05, 3.63) is 18.3 Å². The predicted molar refractivity (Wildman–Crippen MR) is 69.3 cm³/mol. The number of rotatable bonds is 4. The summed E-state index contributed by atoms with van der Waals surface area (Å²) >= 11 is 0. The SMILES string of the molecule is CCOc1cccnc1N1CCOC(C(=N)N)C1. The maximum absolute atomic E-state index is 7.45. The Morgan fingerprint density at radius 3 is 3.28 bits per heavy atom. The molecule has 3 N–H and O–H groups in total. The van der Waals surface area contributed by atoms with Crippen molar-refractivity contribution in [3.8, 4) is 5.75 Å². The van der Waals surface area contributed by atoms with Crippen LogP contribution in [0.15, 0.2) is 18.3 Å². The highest BCUT2D eigenvalue weighted by Gasteiger charge is 2.25. The van der Waals surface area contributed by atoms with Crippen LogP contribution in [0, 0.1) is 5.41 Å². The Labute approximate surface area is 106 Å². The van der Waals surface area contributed by atoms with Crippen molar-refractivity contribution in [3.63, 3.8) is 0 Å². The minimum absolute atomic E-state index is 0.0496. The molecule has 6 nitrogen and oxygen atoms in total. The highest BCUT2D eigenvalue weighted by Crippen LogP contribution is 2.26. The molecule has 1 unspecified atom stereocenters. The van der Waals surface area contributed by atoms with Crippen molar-refractivity contribution in [2.45, 2.75) is 13.0 Å². The molecule has 1 aliphatic rings. The third-order valence-corrected chi connectivity index (χ3v) is 2.76. The summed E-state index contributed by atoms with van der Waals surface area (Å²) in [5.41, 5.74) is 5.48. The van der Waals surface area contributed by atoms with Gasteiger partial charge in [-0.05, 0) is 19.1 Å². The number of nitrogens with zero attached hydrogens (tertiary/aromatic N) is 2. The lowest BCUT2D eigenvalue weighted by atomic mass is 10.2. The lowest BCUT2D eigenvalue weighted by Crippen LogP contribution is -2.48. The summed E-state index contributed by atoms with van der Waals surface area (Å²) < 4.78 is 11.0. The third kappa shape index (κ3) is 2.70. The van der Waals surface area contributed by atoms with Crippen molar-refractivity contribution in [1.29, 1.82) is 5.41 Å². The van der Waals surface area contributed by atoms with Crippen LogP contribution >= 0.6 is 0 Å². The molecule has 2 heterocycles. The second-order valence-corrected chi connectivity index (χ2v) is 4.02. The van der Waals surface area contributed by atoms with Crippen molar-refractivity contribution in [2.75, 3.05) is 31.2 Å². The van der Waals surface area contributed by atoms with Crippen molar-refractivity contribution in [1.82, 2.24) is 4.98 Å². The molecule has 0 bridgehead atoms. The Hall–Kier alpha value is -1.82. The molecule has 0 aromatic carbocycles. The number of morpholine rings is 1. The van der Waals surface area contributed by atoms with Gasteiger partial charge in [0.05, 0.1) is 19.8 Å². The van der Waals surface area contributed by atoms with Crippen LogP contribution in [0.2, 0.25) is 0 Å². The molecular formula is C12H18N4O2. The second kappa shape index (κ2) is 5.68. The zero-order chi connectivity index (χ0) is 13.0. The normalized spacial score (nSPS) is 19.6. The molecule has 0 amide bonds. The zero-order valence-corrected chi connectivity index (χ0v) is 10.4. The number of hydrogen-bond acceptors (Lipinski definition) is 5. The number of hydrogen-bond donors (Lipinski definition) is 2. The maximum atomic E-state index is 7.45. The molecule has 6 heteroatoms. The Bertz CT molecular complexity index is 424. The first kappa shape index (κ1) is 12.6. The van der Waals surface area contributed by atoms with Crippen molar-refractivity contribution >= 4 is 11.7 Å². The average Bonchev–Trinajstić information content (AvgIpc) is 2.40. The van der Waals surface area contributed by atoms with E-state index in [1.807, 2.05) is 24.0 Å². The van der Waals surface area contributed by atoms with Gasteiger partial charge in [-0.25, -0.2) is 4.98 Å². The summed E-state index contributed by atoms with van der Waals surface area (Å²) in [4.78, 5) is 6.39. The number of pyridine rings is 1. The molecule has 1 atom stereocenters. The highest BCUT2D eigenvalue weighted by atomic mass is 16.5. The monoisotopic (exact) mass is 250 g/mol. The van der Waals surface area contributed by atoms with Crippen LogP contribution in [0.3, 0.4) is 0 Å². The number of nitrogens with one attached hydrogen (secondary N) is 1. The first-order valence-corrected chi connectivity index (χ1v) is 6.00. The molecule has 2 rings (SSSR count). The average molecular weight is 250 g/mol. The van der Waals surface area contributed by atoms with Crippen molar-refractivity contribution < 1.29 is 9.47 Å². The summed E-state index contributed by atoms with van der Waals surface area (Å²) in [7, 11) is 0. The quantitative estimate of drug-likeness (QED) is 0.604. The summed E-state index contributed by atoms with van der Waals surface area (Å²) in [5, 5.41) is 7.45. The van der Waals surface area contributed by atoms with Gasteiger partial charge in [0.15, 0.2) is 11.6 Å². The van der Waals surface area contributed by atoms with Crippen LogP contribution in [0.1, 0.15) is 6.92 Å². The molecule has 1 aliphatic heterocycles. The molecule has 0 saturated carbocycles. The maximum Gasteiger partial charge on any atom is 0.171 e. The van der Waals surface area contributed by atoms with Gasteiger partial charge in [-0.3, -0.25) is 5.41 Å². The molecule has 1 saturated heterocycles. The van der Waals surface area contributed by atoms with Crippen LogP contribution in [0.5, 0.6) is 5.75 Å². The van der Waals surface area contributed by atoms with E-state index in [9.17, 15) is 0 Å². The topological polar surface area (TPSA) is 84.5 Å². The minimum Gasteiger partial charge on any atom is -0.490 e. The Kier molecular flexibility index (Phi) is 3.99. The molecule has 18 heavy (non-hydrogen) atoms. The lowest BCUT2D eigenvalue weighted by molar-refractivity contribution is 0.0820. The smallest absolute Gasteiger partial charge is 0.171 e. The Balaban J connectivity index is 2.17. The molecule has 98 valence electrons. The van der Waals surface area contributed by atoms with Gasteiger partial charge in [0.2, 0.25) is 0 Å². The lowest BCUT2D eigenvalue weighted by Gasteiger charge is -2.33. The van der Waals surface area contributed by atoms with Gasteiger partial charge < -0.3 is 20.1 Å². The van der Waals surface area contributed by atoms with E-state index in [2.05, 4.69) is 4.98 Å². The van der Waals surface area contributed by atoms with E-state index in [4.69, 9.17) is 20.6 Å². The molecule has 0 spiro atoms. The Morgan fingerprint density at radius 2 is 2.56 bits per heavy atom. The number of ether oxygens (including phenoxy) is 2.